The Labute approximate surface area is 159 Å². The third kappa shape index (κ3) is 4.96. The van der Waals surface area contributed by atoms with Crippen molar-refractivity contribution in [3.8, 4) is 0 Å². The number of amides is 1. The van der Waals surface area contributed by atoms with Crippen LogP contribution in [0.3, 0.4) is 0 Å². The summed E-state index contributed by atoms with van der Waals surface area (Å²) in [5, 5.41) is 11.6. The van der Waals surface area contributed by atoms with Crippen molar-refractivity contribution >= 4 is 27.6 Å². The van der Waals surface area contributed by atoms with Crippen molar-refractivity contribution in [2.45, 2.75) is 11.8 Å². The van der Waals surface area contributed by atoms with E-state index < -0.39 is 27.8 Å². The predicted molar refractivity (Wildman–Crippen MR) is 99.5 cm³/mol. The molecule has 0 bridgehead atoms. The first-order chi connectivity index (χ1) is 12.6. The number of nitrogens with zero attached hydrogens (tertiary/aromatic N) is 2. The Morgan fingerprint density at radius 2 is 1.93 bits per heavy atom. The highest BCUT2D eigenvalue weighted by molar-refractivity contribution is 7.89. The SMILES string of the molecule is CC(CNC(=O)c1cc(S(=O)(=O)N(C)C)ccc1N1CCOCC1)C(=O)O. The Morgan fingerprint density at radius 1 is 1.30 bits per heavy atom. The first-order valence-electron chi connectivity index (χ1n) is 8.55. The number of carbonyl (C=O) groups is 2. The summed E-state index contributed by atoms with van der Waals surface area (Å²) in [7, 11) is -0.877. The molecule has 0 radical (unpaired) electrons. The lowest BCUT2D eigenvalue weighted by Crippen LogP contribution is -2.38. The van der Waals surface area contributed by atoms with E-state index in [1.54, 1.807) is 6.07 Å². The smallest absolute Gasteiger partial charge is 0.308 e. The summed E-state index contributed by atoms with van der Waals surface area (Å²) in [6.45, 7) is 3.60. The van der Waals surface area contributed by atoms with Crippen molar-refractivity contribution in [3.63, 3.8) is 0 Å². The van der Waals surface area contributed by atoms with Gasteiger partial charge in [0.05, 0.1) is 29.6 Å². The molecule has 27 heavy (non-hydrogen) atoms. The van der Waals surface area contributed by atoms with Gasteiger partial charge in [0.15, 0.2) is 0 Å². The minimum absolute atomic E-state index is 0.000873. The Balaban J connectivity index is 2.39. The van der Waals surface area contributed by atoms with E-state index in [1.807, 2.05) is 4.90 Å². The minimum Gasteiger partial charge on any atom is -0.481 e. The highest BCUT2D eigenvalue weighted by atomic mass is 32.2. The van der Waals surface area contributed by atoms with Gasteiger partial charge >= 0.3 is 5.97 Å². The van der Waals surface area contributed by atoms with Gasteiger partial charge in [-0.05, 0) is 18.2 Å². The average molecular weight is 399 g/mol. The maximum Gasteiger partial charge on any atom is 0.308 e. The van der Waals surface area contributed by atoms with Crippen LogP contribution in [0.5, 0.6) is 0 Å². The lowest BCUT2D eigenvalue weighted by Gasteiger charge is -2.30. The molecular weight excluding hydrogens is 374 g/mol. The molecule has 0 aromatic heterocycles. The fourth-order valence-electron chi connectivity index (χ4n) is 2.58. The van der Waals surface area contributed by atoms with Crippen LogP contribution in [0.15, 0.2) is 23.1 Å². The van der Waals surface area contributed by atoms with E-state index in [1.165, 1.54) is 33.2 Å². The molecule has 0 spiro atoms. The predicted octanol–water partition coefficient (Wildman–Crippen LogP) is 0.224. The lowest BCUT2D eigenvalue weighted by molar-refractivity contribution is -0.140. The summed E-state index contributed by atoms with van der Waals surface area (Å²) in [6, 6.07) is 4.41. The molecule has 2 N–H and O–H groups in total. The Bertz CT molecular complexity index is 803. The van der Waals surface area contributed by atoms with Crippen molar-refractivity contribution in [1.82, 2.24) is 9.62 Å². The second-order valence-corrected chi connectivity index (χ2v) is 8.67. The number of hydrogen-bond acceptors (Lipinski definition) is 6. The Morgan fingerprint density at radius 3 is 2.48 bits per heavy atom. The topological polar surface area (TPSA) is 116 Å². The number of nitrogens with one attached hydrogen (secondary N) is 1. The van der Waals surface area contributed by atoms with E-state index in [2.05, 4.69) is 5.32 Å². The minimum atomic E-state index is -3.71. The zero-order valence-corrected chi connectivity index (χ0v) is 16.5. The van der Waals surface area contributed by atoms with Gasteiger partial charge in [0, 0.05) is 39.4 Å². The Hall–Kier alpha value is -2.17. The number of hydrogen-bond donors (Lipinski definition) is 2. The van der Waals surface area contributed by atoms with Gasteiger partial charge in [0.2, 0.25) is 10.0 Å². The molecule has 1 heterocycles. The molecule has 1 saturated heterocycles. The normalized spacial score (nSPS) is 16.2. The van der Waals surface area contributed by atoms with E-state index >= 15 is 0 Å². The van der Waals surface area contributed by atoms with Crippen LogP contribution in [-0.4, -0.2) is 76.6 Å². The number of aliphatic carboxylic acids is 1. The lowest BCUT2D eigenvalue weighted by atomic mass is 10.1. The molecule has 150 valence electrons. The molecular formula is C17H25N3O6S. The van der Waals surface area contributed by atoms with E-state index in [9.17, 15) is 18.0 Å². The van der Waals surface area contributed by atoms with Gasteiger partial charge in [-0.25, -0.2) is 12.7 Å². The van der Waals surface area contributed by atoms with Gasteiger partial charge < -0.3 is 20.1 Å². The van der Waals surface area contributed by atoms with Crippen molar-refractivity contribution in [2.24, 2.45) is 5.92 Å². The van der Waals surface area contributed by atoms with Crippen LogP contribution in [-0.2, 0) is 19.6 Å². The number of anilines is 1. The molecule has 1 aromatic carbocycles. The molecule has 1 amide bonds. The second kappa shape index (κ2) is 8.68. The van der Waals surface area contributed by atoms with E-state index in [4.69, 9.17) is 9.84 Å². The van der Waals surface area contributed by atoms with Gasteiger partial charge in [-0.1, -0.05) is 6.92 Å². The third-order valence-electron chi connectivity index (χ3n) is 4.33. The van der Waals surface area contributed by atoms with Crippen molar-refractivity contribution in [2.75, 3.05) is 51.8 Å². The molecule has 0 saturated carbocycles. The molecule has 1 fully saturated rings. The number of carboxylic acid groups (broad SMARTS) is 1. The van der Waals surface area contributed by atoms with Crippen LogP contribution >= 0.6 is 0 Å². The molecule has 1 aliphatic heterocycles. The fourth-order valence-corrected chi connectivity index (χ4v) is 3.51. The third-order valence-corrected chi connectivity index (χ3v) is 6.14. The van der Waals surface area contributed by atoms with Crippen molar-refractivity contribution < 1.29 is 27.9 Å². The van der Waals surface area contributed by atoms with Crippen LogP contribution in [0.4, 0.5) is 5.69 Å². The van der Waals surface area contributed by atoms with Gasteiger partial charge in [0.1, 0.15) is 0 Å². The summed E-state index contributed by atoms with van der Waals surface area (Å²) in [5.74, 6) is -2.29. The number of rotatable bonds is 7. The number of sulfonamides is 1. The molecule has 1 atom stereocenters. The molecule has 1 unspecified atom stereocenters. The number of carboxylic acids is 1. The Kier molecular flexibility index (Phi) is 6.79. The standard InChI is InChI=1S/C17H25N3O6S/c1-12(17(22)23)11-18-16(21)14-10-13(27(24,25)19(2)3)4-5-15(14)20-6-8-26-9-7-20/h4-5,10,12H,6-9,11H2,1-3H3,(H,18,21)(H,22,23). The van der Waals surface area contributed by atoms with E-state index in [0.717, 1.165) is 4.31 Å². The van der Waals surface area contributed by atoms with Gasteiger partial charge in [0.25, 0.3) is 5.91 Å². The highest BCUT2D eigenvalue weighted by Gasteiger charge is 2.24. The molecule has 1 aromatic rings. The maximum absolute atomic E-state index is 12.7. The monoisotopic (exact) mass is 399 g/mol. The molecule has 10 heteroatoms. The van der Waals surface area contributed by atoms with Crippen molar-refractivity contribution in [3.05, 3.63) is 23.8 Å². The largest absolute Gasteiger partial charge is 0.481 e. The van der Waals surface area contributed by atoms with Crippen LogP contribution in [0, 0.1) is 5.92 Å². The van der Waals surface area contributed by atoms with Gasteiger partial charge in [-0.2, -0.15) is 0 Å². The molecule has 1 aliphatic rings. The van der Waals surface area contributed by atoms with Crippen LogP contribution < -0.4 is 10.2 Å². The quantitative estimate of drug-likeness (QED) is 0.674. The summed E-state index contributed by atoms with van der Waals surface area (Å²) in [6.07, 6.45) is 0. The van der Waals surface area contributed by atoms with Gasteiger partial charge in [-0.15, -0.1) is 0 Å². The number of benzene rings is 1. The first-order valence-corrected chi connectivity index (χ1v) is 9.99. The highest BCUT2D eigenvalue weighted by Crippen LogP contribution is 2.26. The zero-order chi connectivity index (χ0) is 20.2. The summed E-state index contributed by atoms with van der Waals surface area (Å²) < 4.78 is 31.3. The summed E-state index contributed by atoms with van der Waals surface area (Å²) >= 11 is 0. The van der Waals surface area contributed by atoms with Crippen LogP contribution in [0.2, 0.25) is 0 Å². The van der Waals surface area contributed by atoms with Crippen LogP contribution in [0.1, 0.15) is 17.3 Å². The molecule has 0 aliphatic carbocycles. The number of morpholine rings is 1. The summed E-state index contributed by atoms with van der Waals surface area (Å²) in [4.78, 5) is 25.6. The number of carbonyl (C=O) groups excluding carboxylic acids is 1. The first kappa shape index (κ1) is 21.1. The van der Waals surface area contributed by atoms with E-state index in [-0.39, 0.29) is 17.0 Å². The van der Waals surface area contributed by atoms with Crippen molar-refractivity contribution in [1.29, 1.82) is 0 Å². The van der Waals surface area contributed by atoms with Gasteiger partial charge in [-0.3, -0.25) is 9.59 Å². The number of ether oxygens (including phenoxy) is 1. The molecule has 9 nitrogen and oxygen atoms in total. The summed E-state index contributed by atoms with van der Waals surface area (Å²) in [5.41, 5.74) is 0.786. The molecule has 2 rings (SSSR count). The second-order valence-electron chi connectivity index (χ2n) is 6.52. The van der Waals surface area contributed by atoms with Crippen LogP contribution in [0.25, 0.3) is 0 Å². The average Bonchev–Trinajstić information content (AvgIpc) is 2.65. The maximum atomic E-state index is 12.7. The fraction of sp³-hybridized carbons (Fsp3) is 0.529. The zero-order valence-electron chi connectivity index (χ0n) is 15.6. The van der Waals surface area contributed by atoms with E-state index in [0.29, 0.717) is 32.0 Å².